The number of hydrogen-bond acceptors (Lipinski definition) is 1. The maximum absolute atomic E-state index is 5.89. The molecule has 0 fully saturated rings. The molecule has 12 heavy (non-hydrogen) atoms. The fourth-order valence-corrected chi connectivity index (χ4v) is 1.12. The summed E-state index contributed by atoms with van der Waals surface area (Å²) in [5, 5.41) is 0. The summed E-state index contributed by atoms with van der Waals surface area (Å²) in [6.45, 7) is 4.35. The molecule has 0 aliphatic heterocycles. The van der Waals surface area contributed by atoms with Gasteiger partial charge in [-0.15, -0.1) is 12.3 Å². The molecule has 0 saturated heterocycles. The van der Waals surface area contributed by atoms with Crippen LogP contribution in [0.4, 0.5) is 0 Å². The van der Waals surface area contributed by atoms with Crippen LogP contribution < -0.4 is 5.73 Å². The molecule has 0 aromatic rings. The van der Waals surface area contributed by atoms with Crippen molar-refractivity contribution in [3.8, 4) is 12.3 Å². The van der Waals surface area contributed by atoms with E-state index in [1.165, 1.54) is 12.8 Å². The molecule has 0 saturated carbocycles. The molecule has 0 radical (unpaired) electrons. The standard InChI is InChI=1S/C11H21N/c1-4-5-6-7-8-9-11(12)10(2)3/h1,10-11H,5-9,12H2,2-3H3. The molecule has 1 unspecified atom stereocenters. The van der Waals surface area contributed by atoms with E-state index < -0.39 is 0 Å². The first kappa shape index (κ1) is 11.5. The first-order valence-electron chi connectivity index (χ1n) is 4.87. The molecule has 0 amide bonds. The third-order valence-electron chi connectivity index (χ3n) is 2.21. The van der Waals surface area contributed by atoms with Crippen molar-refractivity contribution < 1.29 is 0 Å². The van der Waals surface area contributed by atoms with E-state index in [9.17, 15) is 0 Å². The van der Waals surface area contributed by atoms with Crippen LogP contribution in [0.5, 0.6) is 0 Å². The van der Waals surface area contributed by atoms with Crippen LogP contribution in [0.25, 0.3) is 0 Å². The number of unbranched alkanes of at least 4 members (excludes halogenated alkanes) is 3. The van der Waals surface area contributed by atoms with Crippen LogP contribution in [0.15, 0.2) is 0 Å². The molecule has 0 aliphatic rings. The normalized spacial score (nSPS) is 12.9. The van der Waals surface area contributed by atoms with Gasteiger partial charge < -0.3 is 5.73 Å². The second kappa shape index (κ2) is 7.18. The monoisotopic (exact) mass is 167 g/mol. The van der Waals surface area contributed by atoms with Gasteiger partial charge in [0.25, 0.3) is 0 Å². The third-order valence-corrected chi connectivity index (χ3v) is 2.21. The molecule has 1 atom stereocenters. The van der Waals surface area contributed by atoms with Crippen molar-refractivity contribution in [2.24, 2.45) is 11.7 Å². The Balaban J connectivity index is 3.15. The number of terminal acetylenes is 1. The summed E-state index contributed by atoms with van der Waals surface area (Å²) in [5.41, 5.74) is 5.89. The van der Waals surface area contributed by atoms with Crippen LogP contribution >= 0.6 is 0 Å². The highest BCUT2D eigenvalue weighted by molar-refractivity contribution is 4.82. The lowest BCUT2D eigenvalue weighted by molar-refractivity contribution is 0.443. The zero-order valence-electron chi connectivity index (χ0n) is 8.34. The summed E-state index contributed by atoms with van der Waals surface area (Å²) >= 11 is 0. The zero-order valence-corrected chi connectivity index (χ0v) is 8.34. The van der Waals surface area contributed by atoms with Crippen molar-refractivity contribution >= 4 is 0 Å². The topological polar surface area (TPSA) is 26.0 Å². The summed E-state index contributed by atoms with van der Waals surface area (Å²) in [6, 6.07) is 0.371. The molecule has 0 aliphatic carbocycles. The predicted molar refractivity (Wildman–Crippen MR) is 54.7 cm³/mol. The molecule has 0 spiro atoms. The molecule has 70 valence electrons. The van der Waals surface area contributed by atoms with Gasteiger partial charge in [0, 0.05) is 12.5 Å². The quantitative estimate of drug-likeness (QED) is 0.477. The summed E-state index contributed by atoms with van der Waals surface area (Å²) in [7, 11) is 0. The van der Waals surface area contributed by atoms with Gasteiger partial charge in [0.1, 0.15) is 0 Å². The molecular weight excluding hydrogens is 146 g/mol. The Kier molecular flexibility index (Phi) is 6.90. The van der Waals surface area contributed by atoms with E-state index in [1.807, 2.05) is 0 Å². The summed E-state index contributed by atoms with van der Waals surface area (Å²) in [6.07, 6.45) is 10.8. The van der Waals surface area contributed by atoms with Gasteiger partial charge in [-0.2, -0.15) is 0 Å². The first-order valence-corrected chi connectivity index (χ1v) is 4.87. The Morgan fingerprint density at radius 1 is 1.25 bits per heavy atom. The largest absolute Gasteiger partial charge is 0.327 e. The highest BCUT2D eigenvalue weighted by atomic mass is 14.6. The molecule has 0 heterocycles. The minimum absolute atomic E-state index is 0.371. The van der Waals surface area contributed by atoms with Crippen molar-refractivity contribution in [3.05, 3.63) is 0 Å². The second-order valence-electron chi connectivity index (χ2n) is 3.71. The van der Waals surface area contributed by atoms with Crippen molar-refractivity contribution in [2.75, 3.05) is 0 Å². The molecule has 0 bridgehead atoms. The molecule has 1 heteroatoms. The molecule has 2 N–H and O–H groups in total. The van der Waals surface area contributed by atoms with E-state index in [-0.39, 0.29) is 0 Å². The van der Waals surface area contributed by atoms with Crippen LogP contribution in [-0.4, -0.2) is 6.04 Å². The lowest BCUT2D eigenvalue weighted by atomic mass is 9.99. The van der Waals surface area contributed by atoms with E-state index in [4.69, 9.17) is 12.2 Å². The second-order valence-corrected chi connectivity index (χ2v) is 3.71. The fourth-order valence-electron chi connectivity index (χ4n) is 1.12. The predicted octanol–water partition coefficient (Wildman–Crippen LogP) is 2.55. The lowest BCUT2D eigenvalue weighted by Crippen LogP contribution is -2.25. The average molecular weight is 167 g/mol. The Bertz CT molecular complexity index is 132. The van der Waals surface area contributed by atoms with Gasteiger partial charge in [-0.3, -0.25) is 0 Å². The smallest absolute Gasteiger partial charge is 0.00860 e. The minimum atomic E-state index is 0.371. The number of nitrogens with two attached hydrogens (primary N) is 1. The highest BCUT2D eigenvalue weighted by Crippen LogP contribution is 2.09. The van der Waals surface area contributed by atoms with Crippen molar-refractivity contribution in [1.82, 2.24) is 0 Å². The van der Waals surface area contributed by atoms with Gasteiger partial charge in [0.15, 0.2) is 0 Å². The van der Waals surface area contributed by atoms with Gasteiger partial charge in [-0.05, 0) is 18.8 Å². The van der Waals surface area contributed by atoms with Crippen LogP contribution in [0, 0.1) is 18.3 Å². The molecule has 1 nitrogen and oxygen atoms in total. The van der Waals surface area contributed by atoms with Gasteiger partial charge in [-0.1, -0.05) is 26.7 Å². The van der Waals surface area contributed by atoms with Crippen molar-refractivity contribution in [2.45, 2.75) is 52.0 Å². The average Bonchev–Trinajstić information content (AvgIpc) is 2.03. The third kappa shape index (κ3) is 6.24. The van der Waals surface area contributed by atoms with E-state index in [1.54, 1.807) is 0 Å². The van der Waals surface area contributed by atoms with Crippen LogP contribution in [0.3, 0.4) is 0 Å². The van der Waals surface area contributed by atoms with Crippen molar-refractivity contribution in [3.63, 3.8) is 0 Å². The number of rotatable bonds is 6. The molecular formula is C11H21N. The first-order chi connectivity index (χ1) is 5.68. The summed E-state index contributed by atoms with van der Waals surface area (Å²) < 4.78 is 0. The minimum Gasteiger partial charge on any atom is -0.327 e. The lowest BCUT2D eigenvalue weighted by Gasteiger charge is -2.14. The summed E-state index contributed by atoms with van der Waals surface area (Å²) in [4.78, 5) is 0. The maximum atomic E-state index is 5.89. The Morgan fingerprint density at radius 2 is 1.92 bits per heavy atom. The molecule has 0 aromatic carbocycles. The highest BCUT2D eigenvalue weighted by Gasteiger charge is 2.05. The fraction of sp³-hybridized carbons (Fsp3) is 0.818. The van der Waals surface area contributed by atoms with Gasteiger partial charge in [-0.25, -0.2) is 0 Å². The van der Waals surface area contributed by atoms with Gasteiger partial charge >= 0.3 is 0 Å². The zero-order chi connectivity index (χ0) is 9.40. The SMILES string of the molecule is C#CCCCCCC(N)C(C)C. The van der Waals surface area contributed by atoms with Gasteiger partial charge in [0.05, 0.1) is 0 Å². The Hall–Kier alpha value is -0.480. The molecule has 0 rings (SSSR count). The van der Waals surface area contributed by atoms with Crippen molar-refractivity contribution in [1.29, 1.82) is 0 Å². The number of hydrogen-bond donors (Lipinski definition) is 1. The van der Waals surface area contributed by atoms with E-state index >= 15 is 0 Å². The Labute approximate surface area is 76.7 Å². The van der Waals surface area contributed by atoms with E-state index in [0.717, 1.165) is 19.3 Å². The van der Waals surface area contributed by atoms with Crippen LogP contribution in [0.1, 0.15) is 46.0 Å². The maximum Gasteiger partial charge on any atom is 0.00860 e. The van der Waals surface area contributed by atoms with Crippen LogP contribution in [-0.2, 0) is 0 Å². The Morgan fingerprint density at radius 3 is 2.42 bits per heavy atom. The van der Waals surface area contributed by atoms with Gasteiger partial charge in [0.2, 0.25) is 0 Å². The van der Waals surface area contributed by atoms with E-state index in [2.05, 4.69) is 19.8 Å². The molecule has 0 aromatic heterocycles. The van der Waals surface area contributed by atoms with Crippen LogP contribution in [0.2, 0.25) is 0 Å². The summed E-state index contributed by atoms with van der Waals surface area (Å²) in [5.74, 6) is 3.26. The van der Waals surface area contributed by atoms with E-state index in [0.29, 0.717) is 12.0 Å².